The molecule has 130 valence electrons. The first-order chi connectivity index (χ1) is 12.0. The van der Waals surface area contributed by atoms with Gasteiger partial charge in [0.2, 0.25) is 5.91 Å². The Kier molecular flexibility index (Phi) is 5.39. The molecule has 0 saturated carbocycles. The van der Waals surface area contributed by atoms with Crippen molar-refractivity contribution in [3.05, 3.63) is 46.0 Å². The maximum absolute atomic E-state index is 12.2. The normalized spacial score (nSPS) is 11.0. The van der Waals surface area contributed by atoms with Crippen molar-refractivity contribution in [1.29, 1.82) is 0 Å². The summed E-state index contributed by atoms with van der Waals surface area (Å²) in [6.07, 6.45) is 0.894. The molecule has 0 bridgehead atoms. The Bertz CT molecular complexity index is 934. The van der Waals surface area contributed by atoms with E-state index in [1.807, 2.05) is 12.3 Å². The maximum Gasteiger partial charge on any atom is 0.236 e. The summed E-state index contributed by atoms with van der Waals surface area (Å²) in [6, 6.07) is 6.51. The molecule has 0 aliphatic heterocycles. The van der Waals surface area contributed by atoms with Crippen LogP contribution in [0.3, 0.4) is 0 Å². The molecule has 0 radical (unpaired) electrons. The third-order valence-corrected chi connectivity index (χ3v) is 5.79. The topological polar surface area (TPSA) is 54.9 Å². The van der Waals surface area contributed by atoms with Gasteiger partial charge in [-0.2, -0.15) is 0 Å². The average molecular weight is 372 g/mol. The van der Waals surface area contributed by atoms with E-state index in [4.69, 9.17) is 4.98 Å². The van der Waals surface area contributed by atoms with Gasteiger partial charge in [-0.3, -0.25) is 4.79 Å². The number of carbonyl (C=O) groups excluding carboxylic acids is 1. The zero-order chi connectivity index (χ0) is 18.0. The zero-order valence-corrected chi connectivity index (χ0v) is 16.5. The molecule has 2 heterocycles. The predicted molar refractivity (Wildman–Crippen MR) is 107 cm³/mol. The number of hydrogen-bond donors (Lipinski definition) is 1. The first-order valence-electron chi connectivity index (χ1n) is 8.22. The molecule has 1 amide bonds. The molecule has 0 spiro atoms. The van der Waals surface area contributed by atoms with Crippen LogP contribution in [0.2, 0.25) is 0 Å². The van der Waals surface area contributed by atoms with Gasteiger partial charge in [-0.15, -0.1) is 11.3 Å². The number of nitrogens with zero attached hydrogens (tertiary/aromatic N) is 2. The van der Waals surface area contributed by atoms with Crippen LogP contribution in [-0.4, -0.2) is 21.6 Å². The van der Waals surface area contributed by atoms with E-state index < -0.39 is 0 Å². The van der Waals surface area contributed by atoms with Gasteiger partial charge in [0.25, 0.3) is 0 Å². The summed E-state index contributed by atoms with van der Waals surface area (Å²) in [7, 11) is 0. The van der Waals surface area contributed by atoms with E-state index in [0.29, 0.717) is 10.9 Å². The smallest absolute Gasteiger partial charge is 0.236 e. The lowest BCUT2D eigenvalue weighted by Crippen LogP contribution is -2.14. The van der Waals surface area contributed by atoms with Gasteiger partial charge in [0.15, 0.2) is 5.13 Å². The number of hydrogen-bond acceptors (Lipinski definition) is 5. The minimum atomic E-state index is -0.0519. The summed E-state index contributed by atoms with van der Waals surface area (Å²) in [4.78, 5) is 21.3. The molecule has 1 aromatic carbocycles. The van der Waals surface area contributed by atoms with E-state index in [2.05, 4.69) is 49.3 Å². The van der Waals surface area contributed by atoms with Crippen molar-refractivity contribution < 1.29 is 4.79 Å². The fourth-order valence-corrected chi connectivity index (χ4v) is 4.35. The third-order valence-electron chi connectivity index (χ3n) is 3.88. The highest BCUT2D eigenvalue weighted by Gasteiger charge is 2.12. The molecule has 25 heavy (non-hydrogen) atoms. The predicted octanol–water partition coefficient (Wildman–Crippen LogP) is 4.91. The molecule has 4 nitrogen and oxygen atoms in total. The van der Waals surface area contributed by atoms with E-state index in [1.54, 1.807) is 0 Å². The second kappa shape index (κ2) is 7.54. The highest BCUT2D eigenvalue weighted by molar-refractivity contribution is 8.00. The maximum atomic E-state index is 12.2. The highest BCUT2D eigenvalue weighted by atomic mass is 32.2. The fraction of sp³-hybridized carbons (Fsp3) is 0.316. The Labute approximate surface area is 156 Å². The molecule has 3 rings (SSSR count). The second-order valence-corrected chi connectivity index (χ2v) is 7.91. The SMILES string of the molecule is CCc1cc2cc(C)cc(C)c2nc1SCC(=O)Nc1nc(C)cs1. The molecule has 3 aromatic rings. The molecule has 0 unspecified atom stereocenters. The van der Waals surface area contributed by atoms with Crippen LogP contribution in [0, 0.1) is 20.8 Å². The minimum absolute atomic E-state index is 0.0519. The van der Waals surface area contributed by atoms with Crippen LogP contribution in [0.15, 0.2) is 28.6 Å². The number of benzene rings is 1. The van der Waals surface area contributed by atoms with Crippen molar-refractivity contribution >= 4 is 45.0 Å². The average Bonchev–Trinajstić information content (AvgIpc) is 2.97. The Morgan fingerprint density at radius 1 is 1.20 bits per heavy atom. The van der Waals surface area contributed by atoms with Crippen molar-refractivity contribution in [3.8, 4) is 0 Å². The van der Waals surface area contributed by atoms with Gasteiger partial charge in [0.1, 0.15) is 5.03 Å². The number of thiazole rings is 1. The summed E-state index contributed by atoms with van der Waals surface area (Å²) in [6.45, 7) is 8.22. The Morgan fingerprint density at radius 3 is 2.68 bits per heavy atom. The number of aryl methyl sites for hydroxylation is 4. The van der Waals surface area contributed by atoms with Crippen LogP contribution >= 0.6 is 23.1 Å². The van der Waals surface area contributed by atoms with Gasteiger partial charge in [-0.05, 0) is 50.5 Å². The Hall–Kier alpha value is -1.92. The van der Waals surface area contributed by atoms with Gasteiger partial charge >= 0.3 is 0 Å². The quantitative estimate of drug-likeness (QED) is 0.648. The van der Waals surface area contributed by atoms with E-state index in [0.717, 1.165) is 22.7 Å². The molecule has 1 N–H and O–H groups in total. The number of fused-ring (bicyclic) bond motifs is 1. The summed E-state index contributed by atoms with van der Waals surface area (Å²) in [5, 5.41) is 7.53. The molecular weight excluding hydrogens is 350 g/mol. The lowest BCUT2D eigenvalue weighted by atomic mass is 10.0. The van der Waals surface area contributed by atoms with Gasteiger partial charge < -0.3 is 5.32 Å². The van der Waals surface area contributed by atoms with Crippen LogP contribution in [0.5, 0.6) is 0 Å². The number of pyridine rings is 1. The fourth-order valence-electron chi connectivity index (χ4n) is 2.76. The molecule has 0 aliphatic carbocycles. The number of aromatic nitrogens is 2. The molecule has 2 aromatic heterocycles. The largest absolute Gasteiger partial charge is 0.301 e. The molecule has 0 atom stereocenters. The number of nitrogens with one attached hydrogen (secondary N) is 1. The van der Waals surface area contributed by atoms with Crippen LogP contribution in [0.4, 0.5) is 5.13 Å². The minimum Gasteiger partial charge on any atom is -0.301 e. The van der Waals surface area contributed by atoms with Crippen molar-refractivity contribution in [2.75, 3.05) is 11.1 Å². The van der Waals surface area contributed by atoms with Gasteiger partial charge in [-0.1, -0.05) is 30.3 Å². The van der Waals surface area contributed by atoms with E-state index >= 15 is 0 Å². The lowest BCUT2D eigenvalue weighted by molar-refractivity contribution is -0.113. The molecule has 0 saturated heterocycles. The summed E-state index contributed by atoms with van der Waals surface area (Å²) >= 11 is 2.93. The lowest BCUT2D eigenvalue weighted by Gasteiger charge is -2.11. The molecule has 6 heteroatoms. The van der Waals surface area contributed by atoms with Crippen molar-refractivity contribution in [1.82, 2.24) is 9.97 Å². The number of amides is 1. The Balaban J connectivity index is 1.79. The van der Waals surface area contributed by atoms with Gasteiger partial charge in [0, 0.05) is 10.8 Å². The van der Waals surface area contributed by atoms with Crippen LogP contribution in [0.1, 0.15) is 29.3 Å². The van der Waals surface area contributed by atoms with Crippen molar-refractivity contribution in [2.24, 2.45) is 0 Å². The van der Waals surface area contributed by atoms with Crippen LogP contribution in [0.25, 0.3) is 10.9 Å². The summed E-state index contributed by atoms with van der Waals surface area (Å²) < 4.78 is 0. The number of thioether (sulfide) groups is 1. The summed E-state index contributed by atoms with van der Waals surface area (Å²) in [5.41, 5.74) is 5.53. The van der Waals surface area contributed by atoms with Crippen LogP contribution in [-0.2, 0) is 11.2 Å². The number of carbonyl (C=O) groups is 1. The highest BCUT2D eigenvalue weighted by Crippen LogP contribution is 2.28. The summed E-state index contributed by atoms with van der Waals surface area (Å²) in [5.74, 6) is 0.276. The second-order valence-electron chi connectivity index (χ2n) is 6.09. The van der Waals surface area contributed by atoms with Gasteiger partial charge in [-0.25, -0.2) is 9.97 Å². The number of rotatable bonds is 5. The molecule has 0 aliphatic rings. The van der Waals surface area contributed by atoms with Crippen LogP contribution < -0.4 is 5.32 Å². The molecular formula is C19H21N3OS2. The third kappa shape index (κ3) is 4.19. The van der Waals surface area contributed by atoms with Crippen molar-refractivity contribution in [2.45, 2.75) is 39.1 Å². The van der Waals surface area contributed by atoms with E-state index in [1.165, 1.54) is 45.2 Å². The van der Waals surface area contributed by atoms with E-state index in [9.17, 15) is 4.79 Å². The first kappa shape index (κ1) is 17.9. The zero-order valence-electron chi connectivity index (χ0n) is 14.8. The van der Waals surface area contributed by atoms with Gasteiger partial charge in [0.05, 0.1) is 17.0 Å². The van der Waals surface area contributed by atoms with E-state index in [-0.39, 0.29) is 5.91 Å². The Morgan fingerprint density at radius 2 is 2.00 bits per heavy atom. The monoisotopic (exact) mass is 371 g/mol. The number of anilines is 1. The van der Waals surface area contributed by atoms with Crippen molar-refractivity contribution in [3.63, 3.8) is 0 Å². The standard InChI is InChI=1S/C19H21N3OS2/c1-5-14-8-15-7-11(2)6-12(3)17(15)22-18(14)24-10-16(23)21-19-20-13(4)9-25-19/h6-9H,5,10H2,1-4H3,(H,20,21,23). The first-order valence-corrected chi connectivity index (χ1v) is 10.1. The molecule has 0 fully saturated rings.